The van der Waals surface area contributed by atoms with Gasteiger partial charge < -0.3 is 9.67 Å². The number of thiazole rings is 1. The van der Waals surface area contributed by atoms with Gasteiger partial charge in [-0.3, -0.25) is 0 Å². The second-order valence-corrected chi connectivity index (χ2v) is 6.22. The van der Waals surface area contributed by atoms with E-state index in [1.54, 1.807) is 35.6 Å². The lowest BCUT2D eigenvalue weighted by Gasteiger charge is -2.07. The first-order valence-electron chi connectivity index (χ1n) is 7.81. The van der Waals surface area contributed by atoms with E-state index in [2.05, 4.69) is 29.0 Å². The van der Waals surface area contributed by atoms with Crippen molar-refractivity contribution in [2.45, 2.75) is 19.9 Å². The van der Waals surface area contributed by atoms with E-state index in [1.807, 2.05) is 18.2 Å². The molecule has 122 valence electrons. The van der Waals surface area contributed by atoms with Gasteiger partial charge in [-0.05, 0) is 36.2 Å². The molecule has 0 spiro atoms. The van der Waals surface area contributed by atoms with Crippen LogP contribution in [0, 0.1) is 0 Å². The van der Waals surface area contributed by atoms with Crippen LogP contribution in [0.4, 0.5) is 5.69 Å². The molecule has 0 amide bonds. The number of rotatable bonds is 5. The molecule has 3 aromatic rings. The molecule has 0 fully saturated rings. The van der Waals surface area contributed by atoms with Crippen molar-refractivity contribution in [3.8, 4) is 11.3 Å². The van der Waals surface area contributed by atoms with Gasteiger partial charge in [-0.2, -0.15) is 0 Å². The zero-order valence-electron chi connectivity index (χ0n) is 13.3. The summed E-state index contributed by atoms with van der Waals surface area (Å²) in [6.45, 7) is 3.03. The van der Waals surface area contributed by atoms with Crippen LogP contribution in [0.25, 0.3) is 11.3 Å². The van der Waals surface area contributed by atoms with E-state index in [1.165, 1.54) is 5.56 Å². The minimum atomic E-state index is -0.926. The molecule has 0 aliphatic carbocycles. The van der Waals surface area contributed by atoms with Crippen LogP contribution in [-0.2, 0) is 6.54 Å². The fourth-order valence-corrected chi connectivity index (χ4v) is 3.44. The molecule has 0 saturated heterocycles. The molecule has 0 bridgehead atoms. The monoisotopic (exact) mass is 338 g/mol. The molecular weight excluding hydrogens is 320 g/mol. The smallest absolute Gasteiger partial charge is 0.335 e. The first kappa shape index (κ1) is 16.2. The standard InChI is InChI=1S/C19H18N2O2S/c1-2-12-21-17(14-6-4-3-5-7-14)13-24-19(21)20-16-10-8-15(9-11-16)18(22)23/h3-11,13H,2,12H2,1H3,(H,22,23)/b20-19-. The molecule has 2 aromatic carbocycles. The fourth-order valence-electron chi connectivity index (χ4n) is 2.49. The van der Waals surface area contributed by atoms with Crippen molar-refractivity contribution in [2.24, 2.45) is 4.99 Å². The van der Waals surface area contributed by atoms with E-state index in [9.17, 15) is 4.79 Å². The number of aromatic nitrogens is 1. The Kier molecular flexibility index (Phi) is 4.91. The highest BCUT2D eigenvalue weighted by atomic mass is 32.1. The Labute approximate surface area is 144 Å². The third-order valence-electron chi connectivity index (χ3n) is 3.65. The second-order valence-electron chi connectivity index (χ2n) is 5.39. The fraction of sp³-hybridized carbons (Fsp3) is 0.158. The predicted molar refractivity (Wildman–Crippen MR) is 96.7 cm³/mol. The lowest BCUT2D eigenvalue weighted by molar-refractivity contribution is 0.0697. The highest BCUT2D eigenvalue weighted by molar-refractivity contribution is 7.07. The van der Waals surface area contributed by atoms with Crippen molar-refractivity contribution >= 4 is 23.0 Å². The maximum atomic E-state index is 10.9. The molecule has 0 atom stereocenters. The Morgan fingerprint density at radius 2 is 1.83 bits per heavy atom. The molecule has 0 saturated carbocycles. The summed E-state index contributed by atoms with van der Waals surface area (Å²) in [7, 11) is 0. The number of hydrogen-bond acceptors (Lipinski definition) is 3. The molecule has 1 N–H and O–H groups in total. The summed E-state index contributed by atoms with van der Waals surface area (Å²) in [6.07, 6.45) is 1.02. The quantitative estimate of drug-likeness (QED) is 0.741. The summed E-state index contributed by atoms with van der Waals surface area (Å²) in [5.74, 6) is -0.926. The highest BCUT2D eigenvalue weighted by Crippen LogP contribution is 2.21. The Morgan fingerprint density at radius 3 is 2.46 bits per heavy atom. The molecule has 4 nitrogen and oxygen atoms in total. The van der Waals surface area contributed by atoms with Gasteiger partial charge in [-0.1, -0.05) is 37.3 Å². The minimum Gasteiger partial charge on any atom is -0.478 e. The third kappa shape index (κ3) is 3.46. The summed E-state index contributed by atoms with van der Waals surface area (Å²) in [6, 6.07) is 16.9. The highest BCUT2D eigenvalue weighted by Gasteiger charge is 2.07. The number of carbonyl (C=O) groups is 1. The lowest BCUT2D eigenvalue weighted by atomic mass is 10.2. The maximum Gasteiger partial charge on any atom is 0.335 e. The molecule has 3 rings (SSSR count). The van der Waals surface area contributed by atoms with Crippen LogP contribution in [0.2, 0.25) is 0 Å². The van der Waals surface area contributed by atoms with Crippen LogP contribution in [0.3, 0.4) is 0 Å². The largest absolute Gasteiger partial charge is 0.478 e. The van der Waals surface area contributed by atoms with Gasteiger partial charge in [0.1, 0.15) is 0 Å². The SMILES string of the molecule is CCCn1c(-c2ccccc2)cs/c1=N\c1ccc(C(=O)O)cc1. The van der Waals surface area contributed by atoms with Crippen molar-refractivity contribution in [3.05, 3.63) is 70.3 Å². The maximum absolute atomic E-state index is 10.9. The Bertz CT molecular complexity index is 893. The second kappa shape index (κ2) is 7.27. The van der Waals surface area contributed by atoms with Crippen molar-refractivity contribution < 1.29 is 9.90 Å². The number of benzene rings is 2. The molecule has 0 aliphatic rings. The van der Waals surface area contributed by atoms with Crippen LogP contribution < -0.4 is 4.80 Å². The Morgan fingerprint density at radius 1 is 1.12 bits per heavy atom. The van der Waals surface area contributed by atoms with Gasteiger partial charge in [0.2, 0.25) is 0 Å². The third-order valence-corrected chi connectivity index (χ3v) is 4.52. The van der Waals surface area contributed by atoms with E-state index in [4.69, 9.17) is 10.1 Å². The normalized spacial score (nSPS) is 11.6. The van der Waals surface area contributed by atoms with Gasteiger partial charge in [0.05, 0.1) is 16.9 Å². The first-order chi connectivity index (χ1) is 11.7. The Balaban J connectivity index is 2.04. The zero-order chi connectivity index (χ0) is 16.9. The molecule has 1 heterocycles. The molecule has 24 heavy (non-hydrogen) atoms. The van der Waals surface area contributed by atoms with Crippen molar-refractivity contribution in [3.63, 3.8) is 0 Å². The summed E-state index contributed by atoms with van der Waals surface area (Å²) < 4.78 is 2.21. The van der Waals surface area contributed by atoms with E-state index >= 15 is 0 Å². The topological polar surface area (TPSA) is 54.6 Å². The number of hydrogen-bond donors (Lipinski definition) is 1. The van der Waals surface area contributed by atoms with Gasteiger partial charge in [0, 0.05) is 11.9 Å². The predicted octanol–water partition coefficient (Wildman–Crippen LogP) is 4.56. The van der Waals surface area contributed by atoms with Crippen molar-refractivity contribution in [1.82, 2.24) is 4.57 Å². The molecule has 5 heteroatoms. The first-order valence-corrected chi connectivity index (χ1v) is 8.69. The van der Waals surface area contributed by atoms with E-state index in [-0.39, 0.29) is 5.56 Å². The number of aromatic carboxylic acids is 1. The summed E-state index contributed by atoms with van der Waals surface area (Å²) >= 11 is 1.60. The molecule has 0 aliphatic heterocycles. The summed E-state index contributed by atoms with van der Waals surface area (Å²) in [5, 5.41) is 11.1. The number of carboxylic acid groups (broad SMARTS) is 1. The van der Waals surface area contributed by atoms with Crippen LogP contribution >= 0.6 is 11.3 Å². The van der Waals surface area contributed by atoms with Crippen LogP contribution in [0.5, 0.6) is 0 Å². The van der Waals surface area contributed by atoms with Gasteiger partial charge in [0.25, 0.3) is 0 Å². The van der Waals surface area contributed by atoms with Crippen LogP contribution in [-0.4, -0.2) is 15.6 Å². The van der Waals surface area contributed by atoms with E-state index < -0.39 is 5.97 Å². The van der Waals surface area contributed by atoms with Crippen LogP contribution in [0.1, 0.15) is 23.7 Å². The Hall–Kier alpha value is -2.66. The van der Waals surface area contributed by atoms with Gasteiger partial charge in [0.15, 0.2) is 4.80 Å². The molecule has 1 aromatic heterocycles. The number of nitrogens with zero attached hydrogens (tertiary/aromatic N) is 2. The summed E-state index contributed by atoms with van der Waals surface area (Å²) in [5.41, 5.74) is 3.35. The minimum absolute atomic E-state index is 0.270. The van der Waals surface area contributed by atoms with Crippen molar-refractivity contribution in [1.29, 1.82) is 0 Å². The average molecular weight is 338 g/mol. The van der Waals surface area contributed by atoms with Crippen molar-refractivity contribution in [2.75, 3.05) is 0 Å². The van der Waals surface area contributed by atoms with Crippen LogP contribution in [0.15, 0.2) is 65.0 Å². The van der Waals surface area contributed by atoms with E-state index in [0.29, 0.717) is 0 Å². The lowest BCUT2D eigenvalue weighted by Crippen LogP contribution is -2.15. The van der Waals surface area contributed by atoms with Gasteiger partial charge in [-0.15, -0.1) is 11.3 Å². The van der Waals surface area contributed by atoms with E-state index in [0.717, 1.165) is 29.1 Å². The molecular formula is C19H18N2O2S. The van der Waals surface area contributed by atoms with Gasteiger partial charge >= 0.3 is 5.97 Å². The molecule has 0 unspecified atom stereocenters. The average Bonchev–Trinajstić information content (AvgIpc) is 2.99. The summed E-state index contributed by atoms with van der Waals surface area (Å²) in [4.78, 5) is 16.5. The van der Waals surface area contributed by atoms with Gasteiger partial charge in [-0.25, -0.2) is 9.79 Å². The number of carboxylic acids is 1. The zero-order valence-corrected chi connectivity index (χ0v) is 14.2. The molecule has 0 radical (unpaired) electrons.